The highest BCUT2D eigenvalue weighted by Crippen LogP contribution is 2.29. The quantitative estimate of drug-likeness (QED) is 0.821. The van der Waals surface area contributed by atoms with Gasteiger partial charge in [0, 0.05) is 23.8 Å². The number of ether oxygens (including phenoxy) is 1. The number of anilines is 1. The van der Waals surface area contributed by atoms with E-state index in [1.165, 1.54) is 11.3 Å². The van der Waals surface area contributed by atoms with E-state index in [2.05, 4.69) is 15.5 Å². The lowest BCUT2D eigenvalue weighted by Gasteiger charge is -2.26. The highest BCUT2D eigenvalue weighted by Gasteiger charge is 2.26. The van der Waals surface area contributed by atoms with Crippen LogP contribution in [0.2, 0.25) is 0 Å². The molecule has 2 heterocycles. The summed E-state index contributed by atoms with van der Waals surface area (Å²) >= 11 is 3.04. The fraction of sp³-hybridized carbons (Fsp3) is 0.400. The first-order chi connectivity index (χ1) is 11.2. The molecule has 2 aromatic rings. The van der Waals surface area contributed by atoms with Crippen molar-refractivity contribution in [1.82, 2.24) is 10.2 Å². The van der Waals surface area contributed by atoms with Crippen molar-refractivity contribution >= 4 is 47.1 Å². The predicted octanol–water partition coefficient (Wildman–Crippen LogP) is 2.80. The SMILES string of the molecule is Cl.NC(C(=O)Nc1ccc(Sc2nncs2)cc1)C1CCOCC1. The molecule has 0 aliphatic carbocycles. The van der Waals surface area contributed by atoms with Crippen LogP contribution in [-0.4, -0.2) is 35.4 Å². The molecule has 3 rings (SSSR count). The van der Waals surface area contributed by atoms with Gasteiger partial charge in [0.25, 0.3) is 0 Å². The molecule has 3 N–H and O–H groups in total. The third kappa shape index (κ3) is 5.15. The van der Waals surface area contributed by atoms with Crippen LogP contribution in [0.3, 0.4) is 0 Å². The van der Waals surface area contributed by atoms with E-state index in [4.69, 9.17) is 10.5 Å². The topological polar surface area (TPSA) is 90.1 Å². The zero-order valence-corrected chi connectivity index (χ0v) is 15.3. The number of nitrogens with zero attached hydrogens (tertiary/aromatic N) is 2. The van der Waals surface area contributed by atoms with Gasteiger partial charge in [-0.15, -0.1) is 22.6 Å². The van der Waals surface area contributed by atoms with Crippen molar-refractivity contribution in [3.8, 4) is 0 Å². The average molecular weight is 387 g/mol. The molecule has 130 valence electrons. The largest absolute Gasteiger partial charge is 0.381 e. The lowest BCUT2D eigenvalue weighted by atomic mass is 9.92. The molecule has 1 aliphatic rings. The Hall–Kier alpha value is -1.19. The summed E-state index contributed by atoms with van der Waals surface area (Å²) in [6.45, 7) is 1.37. The minimum atomic E-state index is -0.491. The molecule has 1 saturated heterocycles. The highest BCUT2D eigenvalue weighted by atomic mass is 35.5. The minimum absolute atomic E-state index is 0. The fourth-order valence-electron chi connectivity index (χ4n) is 2.43. The molecular formula is C15H19ClN4O2S2. The fourth-order valence-corrected chi connectivity index (χ4v) is 3.88. The summed E-state index contributed by atoms with van der Waals surface area (Å²) in [5.74, 6) is 0.0532. The van der Waals surface area contributed by atoms with Crippen LogP contribution in [0.25, 0.3) is 0 Å². The van der Waals surface area contributed by atoms with E-state index in [1.807, 2.05) is 24.3 Å². The van der Waals surface area contributed by atoms with Gasteiger partial charge in [-0.3, -0.25) is 4.79 Å². The van der Waals surface area contributed by atoms with Crippen molar-refractivity contribution in [2.45, 2.75) is 28.1 Å². The maximum atomic E-state index is 12.3. The number of rotatable bonds is 5. The summed E-state index contributed by atoms with van der Waals surface area (Å²) in [6.07, 6.45) is 1.68. The predicted molar refractivity (Wildman–Crippen MR) is 97.9 cm³/mol. The molecule has 1 atom stereocenters. The van der Waals surface area contributed by atoms with Crippen molar-refractivity contribution in [3.63, 3.8) is 0 Å². The minimum Gasteiger partial charge on any atom is -0.381 e. The summed E-state index contributed by atoms with van der Waals surface area (Å²) < 4.78 is 6.20. The Morgan fingerprint density at radius 1 is 1.33 bits per heavy atom. The van der Waals surface area contributed by atoms with Gasteiger partial charge in [0.15, 0.2) is 4.34 Å². The third-order valence-electron chi connectivity index (χ3n) is 3.74. The van der Waals surface area contributed by atoms with Gasteiger partial charge in [0.2, 0.25) is 5.91 Å². The summed E-state index contributed by atoms with van der Waals surface area (Å²) in [4.78, 5) is 13.3. The first kappa shape index (κ1) is 19.1. The number of carbonyl (C=O) groups is 1. The van der Waals surface area contributed by atoms with E-state index in [1.54, 1.807) is 17.3 Å². The summed E-state index contributed by atoms with van der Waals surface area (Å²) in [6, 6.07) is 7.15. The second-order valence-corrected chi connectivity index (χ2v) is 7.45. The Labute approximate surface area is 155 Å². The monoisotopic (exact) mass is 386 g/mol. The molecule has 0 saturated carbocycles. The number of carbonyl (C=O) groups excluding carboxylic acids is 1. The maximum Gasteiger partial charge on any atom is 0.241 e. The highest BCUT2D eigenvalue weighted by molar-refractivity contribution is 8.01. The molecule has 0 bridgehead atoms. The Morgan fingerprint density at radius 2 is 2.04 bits per heavy atom. The van der Waals surface area contributed by atoms with E-state index >= 15 is 0 Å². The van der Waals surface area contributed by atoms with Crippen LogP contribution >= 0.6 is 35.5 Å². The molecular weight excluding hydrogens is 368 g/mol. The van der Waals surface area contributed by atoms with Gasteiger partial charge in [-0.05, 0) is 43.0 Å². The number of benzene rings is 1. The Kier molecular flexibility index (Phi) is 7.44. The van der Waals surface area contributed by atoms with Gasteiger partial charge in [-0.2, -0.15) is 0 Å². The van der Waals surface area contributed by atoms with E-state index in [0.717, 1.165) is 27.8 Å². The first-order valence-corrected chi connectivity index (χ1v) is 9.10. The number of aromatic nitrogens is 2. The molecule has 1 aliphatic heterocycles. The maximum absolute atomic E-state index is 12.3. The van der Waals surface area contributed by atoms with Gasteiger partial charge >= 0.3 is 0 Å². The Morgan fingerprint density at radius 3 is 2.67 bits per heavy atom. The van der Waals surface area contributed by atoms with Gasteiger partial charge in [0.05, 0.1) is 6.04 Å². The number of amides is 1. The Bertz CT molecular complexity index is 633. The number of halogens is 1. The lowest BCUT2D eigenvalue weighted by molar-refractivity contribution is -0.119. The first-order valence-electron chi connectivity index (χ1n) is 7.40. The van der Waals surface area contributed by atoms with Gasteiger partial charge in [-0.1, -0.05) is 23.1 Å². The lowest BCUT2D eigenvalue weighted by Crippen LogP contribution is -2.43. The van der Waals surface area contributed by atoms with Gasteiger partial charge < -0.3 is 15.8 Å². The van der Waals surface area contributed by atoms with Crippen LogP contribution in [0.1, 0.15) is 12.8 Å². The molecule has 0 spiro atoms. The van der Waals surface area contributed by atoms with Gasteiger partial charge in [-0.25, -0.2) is 0 Å². The number of hydrogen-bond donors (Lipinski definition) is 2. The summed E-state index contributed by atoms with van der Waals surface area (Å²) in [5, 5.41) is 10.7. The van der Waals surface area contributed by atoms with Gasteiger partial charge in [0.1, 0.15) is 5.51 Å². The number of hydrogen-bond acceptors (Lipinski definition) is 7. The standard InChI is InChI=1S/C15H18N4O2S2.ClH/c16-13(10-5-7-21-8-6-10)14(20)18-11-1-3-12(4-2-11)23-15-19-17-9-22-15;/h1-4,9-10,13H,5-8,16H2,(H,18,20);1H. The third-order valence-corrected chi connectivity index (χ3v) is 5.53. The van der Waals surface area contributed by atoms with Crippen molar-refractivity contribution in [2.24, 2.45) is 11.7 Å². The summed E-state index contributed by atoms with van der Waals surface area (Å²) in [7, 11) is 0. The smallest absolute Gasteiger partial charge is 0.241 e. The van der Waals surface area contributed by atoms with Crippen LogP contribution in [-0.2, 0) is 9.53 Å². The summed E-state index contributed by atoms with van der Waals surface area (Å²) in [5.41, 5.74) is 8.53. The zero-order chi connectivity index (χ0) is 16.1. The molecule has 1 amide bonds. The normalized spacial score (nSPS) is 16.2. The van der Waals surface area contributed by atoms with Crippen LogP contribution < -0.4 is 11.1 Å². The molecule has 1 fully saturated rings. The van der Waals surface area contributed by atoms with Crippen molar-refractivity contribution in [1.29, 1.82) is 0 Å². The van der Waals surface area contributed by atoms with Crippen molar-refractivity contribution in [2.75, 3.05) is 18.5 Å². The van der Waals surface area contributed by atoms with E-state index in [9.17, 15) is 4.79 Å². The zero-order valence-electron chi connectivity index (χ0n) is 12.9. The van der Waals surface area contributed by atoms with E-state index < -0.39 is 6.04 Å². The molecule has 0 radical (unpaired) electrons. The number of nitrogens with two attached hydrogens (primary N) is 1. The second kappa shape index (κ2) is 9.33. The van der Waals surface area contributed by atoms with Crippen LogP contribution in [0, 0.1) is 5.92 Å². The molecule has 1 aromatic carbocycles. The van der Waals surface area contributed by atoms with Crippen LogP contribution in [0.15, 0.2) is 39.0 Å². The molecule has 1 unspecified atom stereocenters. The molecule has 24 heavy (non-hydrogen) atoms. The number of nitrogens with one attached hydrogen (secondary N) is 1. The van der Waals surface area contributed by atoms with E-state index in [0.29, 0.717) is 13.2 Å². The molecule has 6 nitrogen and oxygen atoms in total. The van der Waals surface area contributed by atoms with Crippen LogP contribution in [0.5, 0.6) is 0 Å². The average Bonchev–Trinajstić information content (AvgIpc) is 3.10. The molecule has 9 heteroatoms. The van der Waals surface area contributed by atoms with Crippen LogP contribution in [0.4, 0.5) is 5.69 Å². The van der Waals surface area contributed by atoms with Crippen molar-refractivity contribution in [3.05, 3.63) is 29.8 Å². The Balaban J connectivity index is 0.00000208. The molecule has 1 aromatic heterocycles. The second-order valence-electron chi connectivity index (χ2n) is 5.30. The van der Waals surface area contributed by atoms with E-state index in [-0.39, 0.29) is 24.2 Å². The van der Waals surface area contributed by atoms with Crippen molar-refractivity contribution < 1.29 is 9.53 Å².